The molecule has 1 saturated heterocycles. The van der Waals surface area contributed by atoms with Gasteiger partial charge in [0.05, 0.1) is 17.8 Å². The number of hydrogen-bond acceptors (Lipinski definition) is 5. The summed E-state index contributed by atoms with van der Waals surface area (Å²) in [6.07, 6.45) is 4.75. The van der Waals surface area contributed by atoms with Gasteiger partial charge in [0.2, 0.25) is 0 Å². The van der Waals surface area contributed by atoms with E-state index in [2.05, 4.69) is 15.0 Å². The van der Waals surface area contributed by atoms with Gasteiger partial charge in [-0.05, 0) is 24.3 Å². The SMILES string of the molecule is O=C(c1ccsc1)N1CCC[C@@H](n2c(=O)[nH]c3cncnc32)C1. The van der Waals surface area contributed by atoms with Crippen LogP contribution in [0.15, 0.2) is 34.1 Å². The Morgan fingerprint density at radius 2 is 2.35 bits per heavy atom. The number of carbonyl (C=O) groups excluding carboxylic acids is 1. The van der Waals surface area contributed by atoms with Gasteiger partial charge in [0.1, 0.15) is 11.8 Å². The van der Waals surface area contributed by atoms with Gasteiger partial charge in [-0.2, -0.15) is 11.3 Å². The van der Waals surface area contributed by atoms with E-state index in [4.69, 9.17) is 0 Å². The van der Waals surface area contributed by atoms with Crippen molar-refractivity contribution in [3.63, 3.8) is 0 Å². The number of aromatic amines is 1. The molecule has 1 atom stereocenters. The Morgan fingerprint density at radius 1 is 1.43 bits per heavy atom. The summed E-state index contributed by atoms with van der Waals surface area (Å²) in [6.45, 7) is 1.24. The summed E-state index contributed by atoms with van der Waals surface area (Å²) in [4.78, 5) is 37.6. The first-order chi connectivity index (χ1) is 11.2. The molecule has 1 aliphatic heterocycles. The highest BCUT2D eigenvalue weighted by molar-refractivity contribution is 7.08. The Bertz CT molecular complexity index is 898. The predicted molar refractivity (Wildman–Crippen MR) is 86.6 cm³/mol. The van der Waals surface area contributed by atoms with Crippen LogP contribution in [-0.2, 0) is 0 Å². The van der Waals surface area contributed by atoms with Crippen molar-refractivity contribution in [1.82, 2.24) is 24.4 Å². The van der Waals surface area contributed by atoms with Gasteiger partial charge in [-0.3, -0.25) is 9.36 Å². The number of amides is 1. The molecule has 0 aliphatic carbocycles. The third-order valence-electron chi connectivity index (χ3n) is 4.20. The van der Waals surface area contributed by atoms with Crippen molar-refractivity contribution in [2.75, 3.05) is 13.1 Å². The van der Waals surface area contributed by atoms with Crippen LogP contribution in [0.3, 0.4) is 0 Å². The standard InChI is InChI=1S/C15H15N5O2S/c21-14(10-3-5-23-8-10)19-4-1-2-11(7-19)20-13-12(18-15(20)22)6-16-9-17-13/h3,5-6,8-9,11H,1-2,4,7H2,(H,18,22)/t11-/m1/s1. The average Bonchev–Trinajstić information content (AvgIpc) is 3.21. The van der Waals surface area contributed by atoms with E-state index >= 15 is 0 Å². The van der Waals surface area contributed by atoms with E-state index in [1.165, 1.54) is 17.7 Å². The number of fused-ring (bicyclic) bond motifs is 1. The summed E-state index contributed by atoms with van der Waals surface area (Å²) in [5.41, 5.74) is 1.73. The molecule has 0 bridgehead atoms. The number of hydrogen-bond donors (Lipinski definition) is 1. The number of rotatable bonds is 2. The number of nitrogens with zero attached hydrogens (tertiary/aromatic N) is 4. The summed E-state index contributed by atoms with van der Waals surface area (Å²) >= 11 is 1.51. The van der Waals surface area contributed by atoms with Gasteiger partial charge in [0.15, 0.2) is 5.65 Å². The molecule has 0 aromatic carbocycles. The number of aromatic nitrogens is 4. The monoisotopic (exact) mass is 329 g/mol. The molecule has 23 heavy (non-hydrogen) atoms. The molecule has 1 fully saturated rings. The zero-order valence-corrected chi connectivity index (χ0v) is 13.1. The Balaban J connectivity index is 1.65. The molecule has 7 nitrogen and oxygen atoms in total. The topological polar surface area (TPSA) is 83.9 Å². The van der Waals surface area contributed by atoms with Crippen LogP contribution < -0.4 is 5.69 Å². The second-order valence-electron chi connectivity index (χ2n) is 5.62. The van der Waals surface area contributed by atoms with E-state index in [0.29, 0.717) is 23.3 Å². The van der Waals surface area contributed by atoms with Gasteiger partial charge in [0.25, 0.3) is 5.91 Å². The summed E-state index contributed by atoms with van der Waals surface area (Å²) in [6, 6.07) is 1.77. The van der Waals surface area contributed by atoms with E-state index in [9.17, 15) is 9.59 Å². The Kier molecular flexibility index (Phi) is 3.45. The van der Waals surface area contributed by atoms with Crippen molar-refractivity contribution in [2.45, 2.75) is 18.9 Å². The number of imidazole rings is 1. The summed E-state index contributed by atoms with van der Waals surface area (Å²) in [5, 5.41) is 3.76. The Hall–Kier alpha value is -2.48. The third-order valence-corrected chi connectivity index (χ3v) is 4.88. The van der Waals surface area contributed by atoms with Gasteiger partial charge in [0, 0.05) is 18.5 Å². The second kappa shape index (κ2) is 5.62. The number of nitrogens with one attached hydrogen (secondary N) is 1. The van der Waals surface area contributed by atoms with Crippen molar-refractivity contribution >= 4 is 28.4 Å². The summed E-state index contributed by atoms with van der Waals surface area (Å²) in [7, 11) is 0. The van der Waals surface area contributed by atoms with Crippen molar-refractivity contribution < 1.29 is 4.79 Å². The van der Waals surface area contributed by atoms with E-state index in [0.717, 1.165) is 19.4 Å². The fourth-order valence-electron chi connectivity index (χ4n) is 3.13. The lowest BCUT2D eigenvalue weighted by Crippen LogP contribution is -2.42. The number of thiophene rings is 1. The molecule has 1 aliphatic rings. The van der Waals surface area contributed by atoms with Gasteiger partial charge < -0.3 is 9.88 Å². The lowest BCUT2D eigenvalue weighted by Gasteiger charge is -2.33. The first kappa shape index (κ1) is 14.1. The van der Waals surface area contributed by atoms with Crippen LogP contribution in [0, 0.1) is 0 Å². The Morgan fingerprint density at radius 3 is 3.17 bits per heavy atom. The number of piperidine rings is 1. The molecule has 0 saturated carbocycles. The quantitative estimate of drug-likeness (QED) is 0.775. The highest BCUT2D eigenvalue weighted by atomic mass is 32.1. The molecule has 0 unspecified atom stereocenters. The minimum absolute atomic E-state index is 0.0264. The molecule has 1 amide bonds. The van der Waals surface area contributed by atoms with Crippen LogP contribution in [0.1, 0.15) is 29.2 Å². The molecule has 118 valence electrons. The molecule has 3 aromatic rings. The first-order valence-electron chi connectivity index (χ1n) is 7.46. The van der Waals surface area contributed by atoms with Crippen LogP contribution in [0.25, 0.3) is 11.2 Å². The molecule has 0 spiro atoms. The van der Waals surface area contributed by atoms with Crippen molar-refractivity contribution in [2.24, 2.45) is 0 Å². The fourth-order valence-corrected chi connectivity index (χ4v) is 3.76. The van der Waals surface area contributed by atoms with Crippen molar-refractivity contribution in [1.29, 1.82) is 0 Å². The maximum atomic E-state index is 12.5. The zero-order valence-electron chi connectivity index (χ0n) is 12.3. The van der Waals surface area contributed by atoms with Gasteiger partial charge in [-0.1, -0.05) is 0 Å². The van der Waals surface area contributed by atoms with E-state index in [1.807, 2.05) is 21.7 Å². The molecule has 0 radical (unpaired) electrons. The minimum atomic E-state index is -0.199. The van der Waals surface area contributed by atoms with Crippen LogP contribution in [0.5, 0.6) is 0 Å². The predicted octanol–water partition coefficient (Wildman–Crippen LogP) is 1.66. The number of carbonyl (C=O) groups is 1. The van der Waals surface area contributed by atoms with Gasteiger partial charge >= 0.3 is 5.69 Å². The first-order valence-corrected chi connectivity index (χ1v) is 8.40. The third kappa shape index (κ3) is 2.44. The minimum Gasteiger partial charge on any atom is -0.337 e. The smallest absolute Gasteiger partial charge is 0.328 e. The molecule has 3 aromatic heterocycles. The van der Waals surface area contributed by atoms with E-state index in [1.54, 1.807) is 10.8 Å². The normalized spacial score (nSPS) is 18.4. The molecular formula is C15H15N5O2S. The lowest BCUT2D eigenvalue weighted by molar-refractivity contribution is 0.0680. The number of H-pyrrole nitrogens is 1. The van der Waals surface area contributed by atoms with Crippen LogP contribution in [0.4, 0.5) is 0 Å². The number of likely N-dealkylation sites (tertiary alicyclic amines) is 1. The molecule has 1 N–H and O–H groups in total. The lowest BCUT2D eigenvalue weighted by atomic mass is 10.0. The van der Waals surface area contributed by atoms with Gasteiger partial charge in [-0.25, -0.2) is 14.8 Å². The largest absolute Gasteiger partial charge is 0.337 e. The van der Waals surface area contributed by atoms with Crippen molar-refractivity contribution in [3.05, 3.63) is 45.4 Å². The molecule has 8 heteroatoms. The van der Waals surface area contributed by atoms with Crippen LogP contribution >= 0.6 is 11.3 Å². The summed E-state index contributed by atoms with van der Waals surface area (Å²) < 4.78 is 1.66. The highest BCUT2D eigenvalue weighted by Crippen LogP contribution is 2.24. The average molecular weight is 329 g/mol. The summed E-state index contributed by atoms with van der Waals surface area (Å²) in [5.74, 6) is 0.0264. The molecule has 4 rings (SSSR count). The zero-order chi connectivity index (χ0) is 15.8. The van der Waals surface area contributed by atoms with E-state index < -0.39 is 0 Å². The van der Waals surface area contributed by atoms with Crippen LogP contribution in [0.2, 0.25) is 0 Å². The molecule has 4 heterocycles. The van der Waals surface area contributed by atoms with Crippen molar-refractivity contribution in [3.8, 4) is 0 Å². The van der Waals surface area contributed by atoms with Gasteiger partial charge in [-0.15, -0.1) is 0 Å². The van der Waals surface area contributed by atoms with E-state index in [-0.39, 0.29) is 17.6 Å². The Labute approximate surface area is 135 Å². The fraction of sp³-hybridized carbons (Fsp3) is 0.333. The molecular weight excluding hydrogens is 314 g/mol. The van der Waals surface area contributed by atoms with Crippen LogP contribution in [-0.4, -0.2) is 43.4 Å². The second-order valence-corrected chi connectivity index (χ2v) is 6.40. The maximum Gasteiger partial charge on any atom is 0.328 e. The maximum absolute atomic E-state index is 12.5. The highest BCUT2D eigenvalue weighted by Gasteiger charge is 2.28.